The molecule has 0 spiro atoms. The zero-order chi connectivity index (χ0) is 33.4. The third-order valence-electron chi connectivity index (χ3n) is 7.84. The van der Waals surface area contributed by atoms with Crippen molar-refractivity contribution in [2.75, 3.05) is 27.4 Å². The molecule has 2 aliphatic heterocycles. The number of ether oxygens (including phenoxy) is 6. The van der Waals surface area contributed by atoms with Gasteiger partial charge in [0.25, 0.3) is 0 Å². The summed E-state index contributed by atoms with van der Waals surface area (Å²) in [5.74, 6) is -1.35. The van der Waals surface area contributed by atoms with Crippen LogP contribution < -0.4 is 19.6 Å². The second-order valence-electron chi connectivity index (χ2n) is 10.7. The molecule has 17 heteroatoms. The van der Waals surface area contributed by atoms with E-state index in [1.54, 1.807) is 0 Å². The summed E-state index contributed by atoms with van der Waals surface area (Å²) in [6.07, 6.45) is -15.2. The third kappa shape index (κ3) is 6.05. The van der Waals surface area contributed by atoms with Gasteiger partial charge in [-0.2, -0.15) is 0 Å². The molecule has 0 bridgehead atoms. The first-order chi connectivity index (χ1) is 21.9. The maximum Gasteiger partial charge on any atom is 0.229 e. The molecule has 9 N–H and O–H groups in total. The fraction of sp³-hybridized carbons (Fsp3) is 0.483. The predicted octanol–water partition coefficient (Wildman–Crippen LogP) is -2.11. The van der Waals surface area contributed by atoms with Crippen molar-refractivity contribution in [3.05, 3.63) is 40.8 Å². The highest BCUT2D eigenvalue weighted by molar-refractivity contribution is 5.91. The molecule has 5 rings (SSSR count). The summed E-state index contributed by atoms with van der Waals surface area (Å²) in [7, 11) is 2.57. The first kappa shape index (κ1) is 33.6. The minimum Gasteiger partial charge on any atom is -0.504 e. The Morgan fingerprint density at radius 2 is 1.43 bits per heavy atom. The highest BCUT2D eigenvalue weighted by Gasteiger charge is 2.48. The second-order valence-corrected chi connectivity index (χ2v) is 10.7. The van der Waals surface area contributed by atoms with Crippen molar-refractivity contribution in [1.82, 2.24) is 0 Å². The quantitative estimate of drug-likeness (QED) is 0.119. The van der Waals surface area contributed by atoms with Crippen LogP contribution in [0.1, 0.15) is 0 Å². The van der Waals surface area contributed by atoms with Crippen molar-refractivity contribution in [1.29, 1.82) is 0 Å². The number of rotatable bonds is 9. The van der Waals surface area contributed by atoms with Gasteiger partial charge in [0, 0.05) is 6.07 Å². The lowest BCUT2D eigenvalue weighted by Gasteiger charge is -2.42. The van der Waals surface area contributed by atoms with E-state index in [0.29, 0.717) is 0 Å². The van der Waals surface area contributed by atoms with Gasteiger partial charge >= 0.3 is 0 Å². The molecule has 2 fully saturated rings. The Labute approximate surface area is 259 Å². The minimum absolute atomic E-state index is 0.0184. The highest BCUT2D eigenvalue weighted by atomic mass is 16.7. The second kappa shape index (κ2) is 13.5. The van der Waals surface area contributed by atoms with Crippen LogP contribution in [0.2, 0.25) is 0 Å². The van der Waals surface area contributed by atoms with Crippen molar-refractivity contribution >= 4 is 11.0 Å². The molecule has 10 atom stereocenters. The highest BCUT2D eigenvalue weighted by Crippen LogP contribution is 2.42. The molecule has 1 aromatic heterocycles. The fourth-order valence-corrected chi connectivity index (χ4v) is 5.23. The Morgan fingerprint density at radius 3 is 2.07 bits per heavy atom. The molecule has 252 valence electrons. The molecule has 2 aliphatic rings. The van der Waals surface area contributed by atoms with Gasteiger partial charge in [0.1, 0.15) is 66.1 Å². The maximum absolute atomic E-state index is 13.4. The van der Waals surface area contributed by atoms with Crippen LogP contribution in [-0.2, 0) is 14.2 Å². The van der Waals surface area contributed by atoms with Crippen LogP contribution in [0.5, 0.6) is 28.7 Å². The molecule has 0 unspecified atom stereocenters. The molecule has 2 saturated heterocycles. The summed E-state index contributed by atoms with van der Waals surface area (Å²) in [5.41, 5.74) is -0.382. The number of phenolic OH excluding ortho intramolecular Hbond substituents is 2. The molecule has 3 aromatic rings. The van der Waals surface area contributed by atoms with Crippen LogP contribution in [0.4, 0.5) is 0 Å². The number of aromatic hydroxyl groups is 2. The molecule has 3 heterocycles. The minimum atomic E-state index is -1.82. The van der Waals surface area contributed by atoms with E-state index in [0.717, 1.165) is 12.3 Å². The lowest BCUT2D eigenvalue weighted by molar-refractivity contribution is -0.323. The van der Waals surface area contributed by atoms with E-state index >= 15 is 0 Å². The fourth-order valence-electron chi connectivity index (χ4n) is 5.23. The number of phenols is 2. The van der Waals surface area contributed by atoms with Crippen LogP contribution in [-0.4, -0.2) is 135 Å². The molecule has 46 heavy (non-hydrogen) atoms. The van der Waals surface area contributed by atoms with Crippen LogP contribution in [0.3, 0.4) is 0 Å². The third-order valence-corrected chi connectivity index (χ3v) is 7.84. The Bertz CT molecular complexity index is 1590. The van der Waals surface area contributed by atoms with Crippen molar-refractivity contribution < 1.29 is 78.8 Å². The van der Waals surface area contributed by atoms with E-state index in [1.165, 1.54) is 32.4 Å². The molecular formula is C29H34O17. The molecule has 0 amide bonds. The zero-order valence-electron chi connectivity index (χ0n) is 24.4. The Morgan fingerprint density at radius 1 is 0.783 bits per heavy atom. The van der Waals surface area contributed by atoms with Gasteiger partial charge in [0.2, 0.25) is 17.5 Å². The Hall–Kier alpha value is -3.75. The Kier molecular flexibility index (Phi) is 9.89. The SMILES string of the molecule is COc1cc2occ(-c3ccc(O[C@@H]4O[C@@H](CO[C@H]5O[C@@H](CO)[C@@H](O)[C@@H](O)[C@H]5O)[C@@H](O)[C@@H](O)[C@@H]4O)c(O)c3)c(=O)c2c(OC)c1O. The summed E-state index contributed by atoms with van der Waals surface area (Å²) in [4.78, 5) is 13.4. The Balaban J connectivity index is 1.34. The van der Waals surface area contributed by atoms with Crippen LogP contribution in [0.15, 0.2) is 39.7 Å². The predicted molar refractivity (Wildman–Crippen MR) is 151 cm³/mol. The number of aliphatic hydroxyl groups excluding tert-OH is 7. The molecule has 0 saturated carbocycles. The standard InChI is InChI=1S/C29H34O17/c1-40-15-6-14-18(27(41-2)22(15)35)19(32)11(8-42-14)10-3-4-13(12(31)5-10)44-29-26(39)24(37)21(34)17(46-29)9-43-28-25(38)23(36)20(33)16(7-30)45-28/h3-6,8,16-17,20-21,23-26,28-31,33-39H,7,9H2,1-2H3/t16-,17-,20+,21+,23+,24+,25+,26-,28-,29+/m0/s1. The zero-order valence-corrected chi connectivity index (χ0v) is 24.4. The van der Waals surface area contributed by atoms with E-state index in [2.05, 4.69) is 0 Å². The van der Waals surface area contributed by atoms with E-state index < -0.39 is 91.6 Å². The van der Waals surface area contributed by atoms with Crippen LogP contribution in [0, 0.1) is 0 Å². The van der Waals surface area contributed by atoms with Crippen molar-refractivity contribution in [2.24, 2.45) is 0 Å². The summed E-state index contributed by atoms with van der Waals surface area (Å²) in [5, 5.41) is 91.9. The number of methoxy groups -OCH3 is 2. The van der Waals surface area contributed by atoms with Crippen LogP contribution >= 0.6 is 0 Å². The van der Waals surface area contributed by atoms with Gasteiger partial charge in [0.05, 0.1) is 33.0 Å². The van der Waals surface area contributed by atoms with Gasteiger partial charge in [-0.25, -0.2) is 0 Å². The topological polar surface area (TPSA) is 268 Å². The van der Waals surface area contributed by atoms with Crippen LogP contribution in [0.25, 0.3) is 22.1 Å². The van der Waals surface area contributed by atoms with Crippen molar-refractivity contribution in [2.45, 2.75) is 61.4 Å². The van der Waals surface area contributed by atoms with Gasteiger partial charge in [-0.1, -0.05) is 6.07 Å². The average molecular weight is 655 g/mol. The van der Waals surface area contributed by atoms with E-state index in [4.69, 9.17) is 32.8 Å². The first-order valence-electron chi connectivity index (χ1n) is 13.9. The molecule has 0 aliphatic carbocycles. The lowest BCUT2D eigenvalue weighted by atomic mass is 9.98. The normalized spacial score (nSPS) is 31.5. The van der Waals surface area contributed by atoms with E-state index in [9.17, 15) is 50.8 Å². The summed E-state index contributed by atoms with van der Waals surface area (Å²) >= 11 is 0. The van der Waals surface area contributed by atoms with Gasteiger partial charge in [0.15, 0.2) is 29.3 Å². The smallest absolute Gasteiger partial charge is 0.229 e. The number of aliphatic hydroxyl groups is 7. The van der Waals surface area contributed by atoms with Gasteiger partial charge < -0.3 is 78.8 Å². The number of hydrogen-bond acceptors (Lipinski definition) is 17. The largest absolute Gasteiger partial charge is 0.504 e. The van der Waals surface area contributed by atoms with Crippen molar-refractivity contribution in [3.63, 3.8) is 0 Å². The number of benzene rings is 2. The van der Waals surface area contributed by atoms with E-state index in [-0.39, 0.29) is 39.3 Å². The summed E-state index contributed by atoms with van der Waals surface area (Å²) in [6, 6.07) is 5.09. The monoisotopic (exact) mass is 654 g/mol. The molecule has 2 aromatic carbocycles. The summed E-state index contributed by atoms with van der Waals surface area (Å²) in [6.45, 7) is -1.28. The maximum atomic E-state index is 13.4. The number of fused-ring (bicyclic) bond motifs is 1. The molecule has 0 radical (unpaired) electrons. The van der Waals surface area contributed by atoms with Gasteiger partial charge in [-0.3, -0.25) is 4.79 Å². The average Bonchev–Trinajstić information content (AvgIpc) is 3.05. The van der Waals surface area contributed by atoms with Crippen molar-refractivity contribution in [3.8, 4) is 39.9 Å². The molecular weight excluding hydrogens is 620 g/mol. The molecule has 17 nitrogen and oxygen atoms in total. The van der Waals surface area contributed by atoms with Gasteiger partial charge in [-0.05, 0) is 17.7 Å². The first-order valence-corrected chi connectivity index (χ1v) is 13.9. The number of hydrogen-bond donors (Lipinski definition) is 9. The summed E-state index contributed by atoms with van der Waals surface area (Å²) < 4.78 is 37.7. The van der Waals surface area contributed by atoms with Gasteiger partial charge in [-0.15, -0.1) is 0 Å². The van der Waals surface area contributed by atoms with E-state index in [1.807, 2.05) is 0 Å². The lowest BCUT2D eigenvalue weighted by Crippen LogP contribution is -2.62.